The van der Waals surface area contributed by atoms with E-state index < -0.39 is 6.09 Å². The van der Waals surface area contributed by atoms with Gasteiger partial charge < -0.3 is 25.4 Å². The van der Waals surface area contributed by atoms with Crippen molar-refractivity contribution in [3.8, 4) is 5.75 Å². The van der Waals surface area contributed by atoms with Crippen LogP contribution in [0.5, 0.6) is 5.75 Å². The summed E-state index contributed by atoms with van der Waals surface area (Å²) >= 11 is 0. The van der Waals surface area contributed by atoms with Gasteiger partial charge in [-0.05, 0) is 70.8 Å². The van der Waals surface area contributed by atoms with Crippen LogP contribution in [-0.4, -0.2) is 60.3 Å². The maximum absolute atomic E-state index is 12.4. The molecule has 0 unspecified atom stereocenters. The molecule has 2 rings (SSSR count). The number of nitrogens with one attached hydrogen (secondary N) is 2. The van der Waals surface area contributed by atoms with Crippen molar-refractivity contribution in [1.29, 1.82) is 0 Å². The summed E-state index contributed by atoms with van der Waals surface area (Å²) < 4.78 is 5.82. The third-order valence-electron chi connectivity index (χ3n) is 4.48. The average molecular weight is 377 g/mol. The predicted molar refractivity (Wildman–Crippen MR) is 104 cm³/mol. The number of ether oxygens (including phenoxy) is 1. The van der Waals surface area contributed by atoms with Crippen LogP contribution >= 0.6 is 0 Å². The maximum Gasteiger partial charge on any atom is 0.404 e. The van der Waals surface area contributed by atoms with E-state index in [1.54, 1.807) is 12.1 Å². The Balaban J connectivity index is 1.73. The molecule has 0 bridgehead atoms. The number of carboxylic acid groups (broad SMARTS) is 1. The molecule has 0 atom stereocenters. The van der Waals surface area contributed by atoms with E-state index >= 15 is 0 Å². The van der Waals surface area contributed by atoms with Crippen LogP contribution in [0.15, 0.2) is 24.3 Å². The Kier molecular flexibility index (Phi) is 7.47. The highest BCUT2D eigenvalue weighted by atomic mass is 16.5. The molecule has 1 aliphatic rings. The number of benzene rings is 1. The summed E-state index contributed by atoms with van der Waals surface area (Å²) in [5, 5.41) is 14.0. The number of piperidine rings is 1. The van der Waals surface area contributed by atoms with Gasteiger partial charge in [0.15, 0.2) is 0 Å². The minimum absolute atomic E-state index is 0.0811. The monoisotopic (exact) mass is 377 g/mol. The molecular formula is C20H31N3O4. The minimum Gasteiger partial charge on any atom is -0.488 e. The molecular weight excluding hydrogens is 346 g/mol. The van der Waals surface area contributed by atoms with Gasteiger partial charge in [0.1, 0.15) is 11.4 Å². The molecule has 1 saturated heterocycles. The summed E-state index contributed by atoms with van der Waals surface area (Å²) in [5.74, 6) is 1.06. The smallest absolute Gasteiger partial charge is 0.404 e. The Morgan fingerprint density at radius 1 is 1.22 bits per heavy atom. The molecule has 7 nitrogen and oxygen atoms in total. The first-order valence-corrected chi connectivity index (χ1v) is 9.49. The van der Waals surface area contributed by atoms with E-state index in [-0.39, 0.29) is 11.5 Å². The maximum atomic E-state index is 12.4. The number of hydrogen-bond acceptors (Lipinski definition) is 4. The van der Waals surface area contributed by atoms with Crippen LogP contribution in [0.1, 0.15) is 44.0 Å². The van der Waals surface area contributed by atoms with Crippen molar-refractivity contribution in [1.82, 2.24) is 15.5 Å². The van der Waals surface area contributed by atoms with E-state index in [1.165, 1.54) is 0 Å². The topological polar surface area (TPSA) is 90.9 Å². The zero-order valence-electron chi connectivity index (χ0n) is 16.5. The SMILES string of the molecule is CC(C)(C)Oc1cccc(C(=O)NCC2CCN(CCNC(=O)O)CC2)c1. The highest BCUT2D eigenvalue weighted by Gasteiger charge is 2.20. The van der Waals surface area contributed by atoms with Crippen LogP contribution < -0.4 is 15.4 Å². The lowest BCUT2D eigenvalue weighted by Crippen LogP contribution is -2.41. The van der Waals surface area contributed by atoms with Crippen LogP contribution in [-0.2, 0) is 0 Å². The van der Waals surface area contributed by atoms with Crippen molar-refractivity contribution >= 4 is 12.0 Å². The molecule has 7 heteroatoms. The summed E-state index contributed by atoms with van der Waals surface area (Å²) in [4.78, 5) is 25.2. The highest BCUT2D eigenvalue weighted by Crippen LogP contribution is 2.20. The standard InChI is InChI=1S/C20H31N3O4/c1-20(2,3)27-17-6-4-5-16(13-17)18(24)22-14-15-7-10-23(11-8-15)12-9-21-19(25)26/h4-6,13,15,21H,7-12,14H2,1-3H3,(H,22,24)(H,25,26). The van der Waals surface area contributed by atoms with E-state index in [0.717, 1.165) is 32.5 Å². The zero-order chi connectivity index (χ0) is 19.9. The van der Waals surface area contributed by atoms with Crippen molar-refractivity contribution in [2.24, 2.45) is 5.92 Å². The molecule has 1 fully saturated rings. The molecule has 27 heavy (non-hydrogen) atoms. The summed E-state index contributed by atoms with van der Waals surface area (Å²) in [5.41, 5.74) is 0.303. The fourth-order valence-electron chi connectivity index (χ4n) is 3.13. The molecule has 1 aromatic carbocycles. The van der Waals surface area contributed by atoms with E-state index in [4.69, 9.17) is 9.84 Å². The molecule has 0 radical (unpaired) electrons. The molecule has 0 spiro atoms. The lowest BCUT2D eigenvalue weighted by molar-refractivity contribution is 0.0933. The average Bonchev–Trinajstić information content (AvgIpc) is 2.59. The molecule has 1 aliphatic heterocycles. The fraction of sp³-hybridized carbons (Fsp3) is 0.600. The number of rotatable bonds is 7. The van der Waals surface area contributed by atoms with Crippen molar-refractivity contribution in [3.05, 3.63) is 29.8 Å². The Hall–Kier alpha value is -2.28. The number of nitrogens with zero attached hydrogens (tertiary/aromatic N) is 1. The van der Waals surface area contributed by atoms with Crippen LogP contribution in [0.25, 0.3) is 0 Å². The molecule has 3 N–H and O–H groups in total. The number of amides is 2. The number of hydrogen-bond donors (Lipinski definition) is 3. The molecule has 0 saturated carbocycles. The first kappa shape index (κ1) is 21.0. The van der Waals surface area contributed by atoms with Gasteiger partial charge in [-0.3, -0.25) is 4.79 Å². The zero-order valence-corrected chi connectivity index (χ0v) is 16.5. The summed E-state index contributed by atoms with van der Waals surface area (Å²) in [6, 6.07) is 7.26. The van der Waals surface area contributed by atoms with E-state index in [1.807, 2.05) is 32.9 Å². The summed E-state index contributed by atoms with van der Waals surface area (Å²) in [6.07, 6.45) is 1.02. The van der Waals surface area contributed by atoms with Gasteiger partial charge in [0.05, 0.1) is 0 Å². The highest BCUT2D eigenvalue weighted by molar-refractivity contribution is 5.94. The third kappa shape index (κ3) is 7.86. The molecule has 150 valence electrons. The molecule has 0 aliphatic carbocycles. The Labute approximate surface area is 161 Å². The minimum atomic E-state index is -0.982. The first-order valence-electron chi connectivity index (χ1n) is 9.49. The van der Waals surface area contributed by atoms with Crippen molar-refractivity contribution in [3.63, 3.8) is 0 Å². The molecule has 1 heterocycles. The largest absolute Gasteiger partial charge is 0.488 e. The quantitative estimate of drug-likeness (QED) is 0.679. The number of likely N-dealkylation sites (tertiary alicyclic amines) is 1. The van der Waals surface area contributed by atoms with Gasteiger partial charge in [0, 0.05) is 25.2 Å². The van der Waals surface area contributed by atoms with E-state index in [0.29, 0.717) is 30.3 Å². The van der Waals surface area contributed by atoms with E-state index in [2.05, 4.69) is 15.5 Å². The van der Waals surface area contributed by atoms with Gasteiger partial charge in [-0.15, -0.1) is 0 Å². The Bertz CT molecular complexity index is 634. The van der Waals surface area contributed by atoms with Crippen LogP contribution in [0, 0.1) is 5.92 Å². The van der Waals surface area contributed by atoms with Crippen LogP contribution in [0.3, 0.4) is 0 Å². The van der Waals surface area contributed by atoms with Crippen LogP contribution in [0.2, 0.25) is 0 Å². The summed E-state index contributed by atoms with van der Waals surface area (Å²) in [6.45, 7) is 9.62. The summed E-state index contributed by atoms with van der Waals surface area (Å²) in [7, 11) is 0. The predicted octanol–water partition coefficient (Wildman–Crippen LogP) is 2.57. The fourth-order valence-corrected chi connectivity index (χ4v) is 3.13. The second-order valence-corrected chi connectivity index (χ2v) is 7.97. The molecule has 1 aromatic rings. The second-order valence-electron chi connectivity index (χ2n) is 7.97. The Morgan fingerprint density at radius 3 is 2.56 bits per heavy atom. The third-order valence-corrected chi connectivity index (χ3v) is 4.48. The van der Waals surface area contributed by atoms with Crippen molar-refractivity contribution in [2.75, 3.05) is 32.7 Å². The van der Waals surface area contributed by atoms with Crippen LogP contribution in [0.4, 0.5) is 4.79 Å². The molecule has 0 aromatic heterocycles. The van der Waals surface area contributed by atoms with Gasteiger partial charge in [0.25, 0.3) is 5.91 Å². The normalized spacial score (nSPS) is 16.0. The number of carbonyl (C=O) groups excluding carboxylic acids is 1. The van der Waals surface area contributed by atoms with Crippen molar-refractivity contribution < 1.29 is 19.4 Å². The lowest BCUT2D eigenvalue weighted by atomic mass is 9.96. The first-order chi connectivity index (χ1) is 12.7. The Morgan fingerprint density at radius 2 is 1.93 bits per heavy atom. The van der Waals surface area contributed by atoms with Gasteiger partial charge in [-0.1, -0.05) is 6.07 Å². The molecule has 2 amide bonds. The van der Waals surface area contributed by atoms with Crippen molar-refractivity contribution in [2.45, 2.75) is 39.2 Å². The van der Waals surface area contributed by atoms with E-state index in [9.17, 15) is 9.59 Å². The van der Waals surface area contributed by atoms with Gasteiger partial charge in [-0.25, -0.2) is 4.79 Å². The lowest BCUT2D eigenvalue weighted by Gasteiger charge is -2.31. The van der Waals surface area contributed by atoms with Gasteiger partial charge in [-0.2, -0.15) is 0 Å². The van der Waals surface area contributed by atoms with Gasteiger partial charge in [0.2, 0.25) is 0 Å². The second kappa shape index (κ2) is 9.60. The van der Waals surface area contributed by atoms with Gasteiger partial charge >= 0.3 is 6.09 Å². The number of carbonyl (C=O) groups is 2.